The first-order valence-corrected chi connectivity index (χ1v) is 14.2. The number of nitrogens with one attached hydrogen (secondary N) is 2. The summed E-state index contributed by atoms with van der Waals surface area (Å²) in [6.07, 6.45) is 0. The Bertz CT molecular complexity index is 1590. The van der Waals surface area contributed by atoms with Crippen LogP contribution in [0, 0.1) is 0 Å². The minimum absolute atomic E-state index is 0.0806. The van der Waals surface area contributed by atoms with Crippen LogP contribution in [0.4, 0.5) is 0 Å². The molecule has 42 heavy (non-hydrogen) atoms. The summed E-state index contributed by atoms with van der Waals surface area (Å²) < 4.78 is 1.44. The number of phenols is 3. The van der Waals surface area contributed by atoms with Crippen molar-refractivity contribution in [1.82, 2.24) is 35.7 Å². The number of aryl methyl sites for hydroxylation is 1. The van der Waals surface area contributed by atoms with Crippen LogP contribution >= 0.6 is 23.5 Å². The number of carboxylic acids is 1. The molecule has 2 aromatic carbocycles. The number of nitrogens with zero attached hydrogens (tertiary/aromatic N) is 5. The Hall–Kier alpha value is -4.77. The topological polar surface area (TPSA) is 220 Å². The molecule has 0 aliphatic carbocycles. The van der Waals surface area contributed by atoms with Crippen molar-refractivity contribution in [2.24, 2.45) is 7.05 Å². The number of thioether (sulfide) groups is 2. The zero-order chi connectivity index (χ0) is 30.1. The minimum Gasteiger partial charge on any atom is -0.508 e. The lowest BCUT2D eigenvalue weighted by atomic mass is 10.0. The van der Waals surface area contributed by atoms with Crippen LogP contribution in [-0.4, -0.2) is 92.1 Å². The van der Waals surface area contributed by atoms with Gasteiger partial charge in [-0.15, -0.1) is 16.9 Å². The maximum atomic E-state index is 13.5. The molecule has 3 heterocycles. The van der Waals surface area contributed by atoms with Crippen LogP contribution in [0.15, 0.2) is 58.9 Å². The van der Waals surface area contributed by atoms with Crippen LogP contribution in [0.1, 0.15) is 22.0 Å². The van der Waals surface area contributed by atoms with E-state index in [9.17, 15) is 39.6 Å². The Balaban J connectivity index is 1.34. The van der Waals surface area contributed by atoms with Crippen LogP contribution in [0.25, 0.3) is 0 Å². The number of phenolic OH excluding ortho intramolecular Hbond substituents is 3. The Morgan fingerprint density at radius 1 is 1.10 bits per heavy atom. The summed E-state index contributed by atoms with van der Waals surface area (Å²) in [5, 5.41) is 55.2. The van der Waals surface area contributed by atoms with Crippen molar-refractivity contribution in [2.45, 2.75) is 22.6 Å². The van der Waals surface area contributed by atoms with Gasteiger partial charge < -0.3 is 31.1 Å². The number of aliphatic carboxylic acids is 1. The third-order valence-corrected chi connectivity index (χ3v) is 8.87. The number of aromatic nitrogens is 4. The molecule has 2 aliphatic rings. The minimum atomic E-state index is -1.35. The van der Waals surface area contributed by atoms with Crippen LogP contribution < -0.4 is 10.6 Å². The number of rotatable bonds is 9. The molecule has 5 rings (SSSR count). The molecule has 3 atom stereocenters. The van der Waals surface area contributed by atoms with Gasteiger partial charge in [-0.05, 0) is 45.8 Å². The highest BCUT2D eigenvalue weighted by atomic mass is 32.2. The Labute approximate surface area is 245 Å². The molecule has 17 heteroatoms. The van der Waals surface area contributed by atoms with Gasteiger partial charge in [0.15, 0.2) is 0 Å². The third-order valence-electron chi connectivity index (χ3n) is 6.43. The monoisotopic (exact) mass is 613 g/mol. The zero-order valence-corrected chi connectivity index (χ0v) is 23.3. The van der Waals surface area contributed by atoms with Crippen molar-refractivity contribution in [1.29, 1.82) is 0 Å². The highest BCUT2D eigenvalue weighted by Gasteiger charge is 2.54. The van der Waals surface area contributed by atoms with Crippen molar-refractivity contribution in [3.05, 3.63) is 64.9 Å². The summed E-state index contributed by atoms with van der Waals surface area (Å²) in [5.41, 5.74) is 0.477. The van der Waals surface area contributed by atoms with E-state index in [0.29, 0.717) is 10.7 Å². The number of carbonyl (C=O) groups excluding carboxylic acids is 3. The largest absolute Gasteiger partial charge is 0.508 e. The normalized spacial score (nSPS) is 18.6. The molecule has 2 aliphatic heterocycles. The van der Waals surface area contributed by atoms with E-state index in [-0.39, 0.29) is 45.6 Å². The first-order chi connectivity index (χ1) is 20.0. The first kappa shape index (κ1) is 28.7. The van der Waals surface area contributed by atoms with Gasteiger partial charge in [-0.25, -0.2) is 9.48 Å². The van der Waals surface area contributed by atoms with E-state index in [2.05, 4.69) is 26.2 Å². The molecule has 218 valence electrons. The number of β-lactam (4-membered cyclic amide) rings is 1. The lowest BCUT2D eigenvalue weighted by Crippen LogP contribution is -2.71. The number of tetrazole rings is 1. The van der Waals surface area contributed by atoms with Gasteiger partial charge in [0.1, 0.15) is 40.4 Å². The fourth-order valence-corrected chi connectivity index (χ4v) is 6.77. The van der Waals surface area contributed by atoms with E-state index >= 15 is 0 Å². The zero-order valence-electron chi connectivity index (χ0n) is 21.7. The van der Waals surface area contributed by atoms with E-state index in [4.69, 9.17) is 0 Å². The molecule has 0 spiro atoms. The molecule has 0 bridgehead atoms. The van der Waals surface area contributed by atoms with Gasteiger partial charge in [0.05, 0.1) is 0 Å². The molecular weight excluding hydrogens is 590 g/mol. The number of benzene rings is 2. The van der Waals surface area contributed by atoms with E-state index in [1.807, 2.05) is 0 Å². The SMILES string of the molecule is Cn1nnnc1SCC1=C(C(=O)O)N2C(=O)C(NC(=O)C(NC(=O)c3cc(O)cc(O)c3)c3ccc(O)cc3)[C@H]2SC1. The van der Waals surface area contributed by atoms with E-state index in [1.165, 1.54) is 52.5 Å². The van der Waals surface area contributed by atoms with E-state index in [0.717, 1.165) is 23.1 Å². The van der Waals surface area contributed by atoms with Crippen molar-refractivity contribution < 1.29 is 39.6 Å². The van der Waals surface area contributed by atoms with Gasteiger partial charge in [0.2, 0.25) is 11.1 Å². The molecule has 3 aromatic rings. The van der Waals surface area contributed by atoms with Crippen molar-refractivity contribution in [3.8, 4) is 17.2 Å². The second kappa shape index (κ2) is 11.6. The smallest absolute Gasteiger partial charge is 0.352 e. The molecule has 0 saturated carbocycles. The Morgan fingerprint density at radius 3 is 2.40 bits per heavy atom. The Kier molecular flexibility index (Phi) is 7.95. The molecule has 1 aromatic heterocycles. The molecule has 1 saturated heterocycles. The van der Waals surface area contributed by atoms with Gasteiger partial charge in [-0.3, -0.25) is 19.3 Å². The first-order valence-electron chi connectivity index (χ1n) is 12.2. The number of aromatic hydroxyl groups is 3. The number of hydrogen-bond acceptors (Lipinski definition) is 12. The summed E-state index contributed by atoms with van der Waals surface area (Å²) in [5.74, 6) is -3.79. The van der Waals surface area contributed by atoms with E-state index < -0.39 is 41.1 Å². The molecule has 15 nitrogen and oxygen atoms in total. The summed E-state index contributed by atoms with van der Waals surface area (Å²) >= 11 is 2.51. The maximum absolute atomic E-state index is 13.5. The van der Waals surface area contributed by atoms with Crippen molar-refractivity contribution >= 4 is 47.2 Å². The van der Waals surface area contributed by atoms with Gasteiger partial charge >= 0.3 is 5.97 Å². The number of fused-ring (bicyclic) bond motifs is 1. The van der Waals surface area contributed by atoms with Crippen molar-refractivity contribution in [3.63, 3.8) is 0 Å². The molecule has 1 fully saturated rings. The second-order valence-corrected chi connectivity index (χ2v) is 11.3. The fourth-order valence-electron chi connectivity index (χ4n) is 4.43. The summed E-state index contributed by atoms with van der Waals surface area (Å²) in [6.45, 7) is 0. The van der Waals surface area contributed by atoms with E-state index in [1.54, 1.807) is 7.05 Å². The highest BCUT2D eigenvalue weighted by Crippen LogP contribution is 2.41. The molecule has 3 amide bonds. The number of carbonyl (C=O) groups is 4. The standard InChI is InChI=1S/C25H23N7O8S2/c1-31-25(28-29-30-31)42-10-13-9-41-23-18(22(38)32(23)19(13)24(39)40)27-21(37)17(11-2-4-14(33)5-3-11)26-20(36)12-6-15(34)8-16(35)7-12/h2-8,17-18,23,33-35H,9-10H2,1H3,(H,26,36)(H,27,37)(H,39,40)/t17?,18?,23-/m1/s1. The average molecular weight is 614 g/mol. The quantitative estimate of drug-likeness (QED) is 0.142. The second-order valence-electron chi connectivity index (χ2n) is 9.26. The number of amides is 3. The average Bonchev–Trinajstić information content (AvgIpc) is 3.36. The predicted molar refractivity (Wildman–Crippen MR) is 147 cm³/mol. The lowest BCUT2D eigenvalue weighted by molar-refractivity contribution is -0.151. The Morgan fingerprint density at radius 2 is 1.79 bits per heavy atom. The van der Waals surface area contributed by atoms with Gasteiger partial charge in [0.25, 0.3) is 11.8 Å². The summed E-state index contributed by atoms with van der Waals surface area (Å²) in [4.78, 5) is 52.9. The molecular formula is C25H23N7O8S2. The molecule has 6 N–H and O–H groups in total. The summed E-state index contributed by atoms with van der Waals surface area (Å²) in [6, 6.07) is 6.26. The number of carboxylic acid groups (broad SMARTS) is 1. The lowest BCUT2D eigenvalue weighted by Gasteiger charge is -2.49. The predicted octanol–water partition coefficient (Wildman–Crippen LogP) is 0.329. The van der Waals surface area contributed by atoms with Crippen LogP contribution in [0.5, 0.6) is 17.2 Å². The van der Waals surface area contributed by atoms with Gasteiger partial charge in [0, 0.05) is 30.2 Å². The molecule has 2 unspecified atom stereocenters. The maximum Gasteiger partial charge on any atom is 0.352 e. The highest BCUT2D eigenvalue weighted by molar-refractivity contribution is 8.01. The molecule has 0 radical (unpaired) electrons. The van der Waals surface area contributed by atoms with Crippen molar-refractivity contribution in [2.75, 3.05) is 11.5 Å². The van der Waals surface area contributed by atoms with Crippen LogP contribution in [0.2, 0.25) is 0 Å². The number of hydrogen-bond donors (Lipinski definition) is 6. The third kappa shape index (κ3) is 5.68. The van der Waals surface area contributed by atoms with Crippen LogP contribution in [-0.2, 0) is 21.4 Å². The fraction of sp³-hybridized carbons (Fsp3) is 0.240. The summed E-state index contributed by atoms with van der Waals surface area (Å²) in [7, 11) is 1.65. The van der Waals surface area contributed by atoms with Gasteiger partial charge in [-0.2, -0.15) is 0 Å². The van der Waals surface area contributed by atoms with Gasteiger partial charge in [-0.1, -0.05) is 23.9 Å². The van der Waals surface area contributed by atoms with Crippen LogP contribution in [0.3, 0.4) is 0 Å².